The number of hydrogen-bond donors (Lipinski definition) is 1. The number of methoxy groups -OCH3 is 1. The fourth-order valence-corrected chi connectivity index (χ4v) is 2.93. The highest BCUT2D eigenvalue weighted by atomic mass is 79.9. The molecule has 0 aliphatic heterocycles. The van der Waals surface area contributed by atoms with Crippen molar-refractivity contribution < 1.29 is 4.74 Å². The third-order valence-electron chi connectivity index (χ3n) is 3.34. The van der Waals surface area contributed by atoms with Gasteiger partial charge in [-0.3, -0.25) is 4.98 Å². The second-order valence-corrected chi connectivity index (χ2v) is 5.13. The van der Waals surface area contributed by atoms with Crippen LogP contribution in [0.4, 0.5) is 5.69 Å². The number of rotatable bonds is 1. The van der Waals surface area contributed by atoms with Crippen LogP contribution in [0.15, 0.2) is 16.6 Å². The summed E-state index contributed by atoms with van der Waals surface area (Å²) in [6, 6.07) is 3.88. The highest BCUT2D eigenvalue weighted by Crippen LogP contribution is 2.39. The number of fused-ring (bicyclic) bond motifs is 2. The number of benzene rings is 1. The van der Waals surface area contributed by atoms with Gasteiger partial charge in [-0.2, -0.15) is 0 Å². The predicted octanol–water partition coefficient (Wildman–Crippen LogP) is 3.08. The van der Waals surface area contributed by atoms with Gasteiger partial charge in [0.1, 0.15) is 5.75 Å². The molecule has 0 bridgehead atoms. The van der Waals surface area contributed by atoms with E-state index in [0.717, 1.165) is 51.8 Å². The summed E-state index contributed by atoms with van der Waals surface area (Å²) < 4.78 is 6.35. The van der Waals surface area contributed by atoms with Crippen LogP contribution in [-0.4, -0.2) is 12.1 Å². The number of aryl methyl sites for hydroxylation is 1. The molecule has 0 saturated carbocycles. The van der Waals surface area contributed by atoms with Crippen LogP contribution in [0.3, 0.4) is 0 Å². The van der Waals surface area contributed by atoms with E-state index in [0.29, 0.717) is 0 Å². The molecule has 1 heterocycles. The van der Waals surface area contributed by atoms with Crippen LogP contribution >= 0.6 is 15.9 Å². The van der Waals surface area contributed by atoms with Gasteiger partial charge in [0.25, 0.3) is 0 Å². The molecule has 0 amide bonds. The first-order valence-corrected chi connectivity index (χ1v) is 6.45. The molecule has 0 spiro atoms. The van der Waals surface area contributed by atoms with Crippen LogP contribution in [-0.2, 0) is 12.8 Å². The van der Waals surface area contributed by atoms with Crippen LogP contribution in [0.25, 0.3) is 10.9 Å². The summed E-state index contributed by atoms with van der Waals surface area (Å²) in [4.78, 5) is 4.72. The minimum Gasteiger partial charge on any atom is -0.496 e. The van der Waals surface area contributed by atoms with E-state index in [2.05, 4.69) is 15.9 Å². The predicted molar refractivity (Wildman–Crippen MR) is 72.4 cm³/mol. The van der Waals surface area contributed by atoms with Crippen molar-refractivity contribution in [3.63, 3.8) is 0 Å². The third-order valence-corrected chi connectivity index (χ3v) is 3.98. The summed E-state index contributed by atoms with van der Waals surface area (Å²) >= 11 is 3.53. The van der Waals surface area contributed by atoms with Crippen molar-refractivity contribution in [3.05, 3.63) is 27.9 Å². The van der Waals surface area contributed by atoms with E-state index in [9.17, 15) is 0 Å². The second kappa shape index (κ2) is 3.88. The molecule has 88 valence electrons. The zero-order chi connectivity index (χ0) is 12.0. The van der Waals surface area contributed by atoms with Crippen molar-refractivity contribution in [2.24, 2.45) is 0 Å². The van der Waals surface area contributed by atoms with Crippen molar-refractivity contribution >= 4 is 32.5 Å². The van der Waals surface area contributed by atoms with Gasteiger partial charge in [-0.1, -0.05) is 0 Å². The smallest absolute Gasteiger partial charge is 0.130 e. The number of hydrogen-bond acceptors (Lipinski definition) is 3. The topological polar surface area (TPSA) is 48.1 Å². The summed E-state index contributed by atoms with van der Waals surface area (Å²) in [6.45, 7) is 0. The Labute approximate surface area is 108 Å². The van der Waals surface area contributed by atoms with Crippen LogP contribution in [0, 0.1) is 0 Å². The lowest BCUT2D eigenvalue weighted by atomic mass is 10.1. The molecule has 3 rings (SSSR count). The van der Waals surface area contributed by atoms with Gasteiger partial charge in [-0.15, -0.1) is 0 Å². The van der Waals surface area contributed by atoms with Gasteiger partial charge in [-0.05, 0) is 52.9 Å². The molecule has 2 aromatic rings. The zero-order valence-electron chi connectivity index (χ0n) is 9.59. The molecular weight excluding hydrogens is 280 g/mol. The normalized spacial score (nSPS) is 14.0. The molecular formula is C13H13BrN2O. The fraction of sp³-hybridized carbons (Fsp3) is 0.308. The van der Waals surface area contributed by atoms with Gasteiger partial charge < -0.3 is 10.5 Å². The molecule has 1 aliphatic carbocycles. The molecule has 0 saturated heterocycles. The maximum absolute atomic E-state index is 6.27. The van der Waals surface area contributed by atoms with E-state index in [1.807, 2.05) is 12.1 Å². The monoisotopic (exact) mass is 292 g/mol. The lowest BCUT2D eigenvalue weighted by Crippen LogP contribution is -2.00. The van der Waals surface area contributed by atoms with Crippen LogP contribution in [0.2, 0.25) is 0 Å². The molecule has 4 heteroatoms. The van der Waals surface area contributed by atoms with Gasteiger partial charge in [0, 0.05) is 15.9 Å². The maximum Gasteiger partial charge on any atom is 0.130 e. The molecule has 17 heavy (non-hydrogen) atoms. The molecule has 1 aromatic heterocycles. The molecule has 0 atom stereocenters. The number of nitrogen functional groups attached to an aromatic ring is 1. The highest BCUT2D eigenvalue weighted by molar-refractivity contribution is 9.10. The summed E-state index contributed by atoms with van der Waals surface area (Å²) in [5.74, 6) is 0.794. The number of halogens is 1. The van der Waals surface area contributed by atoms with Crippen molar-refractivity contribution in [1.29, 1.82) is 0 Å². The Balaban J connectivity index is 2.46. The minimum atomic E-state index is 0.794. The lowest BCUT2D eigenvalue weighted by molar-refractivity contribution is 0.420. The van der Waals surface area contributed by atoms with Crippen molar-refractivity contribution in [1.82, 2.24) is 4.98 Å². The molecule has 0 unspecified atom stereocenters. The first-order valence-electron chi connectivity index (χ1n) is 5.66. The molecule has 1 aliphatic rings. The Morgan fingerprint density at radius 2 is 2.18 bits per heavy atom. The standard InChI is InChI=1S/C13H13BrN2O/c1-17-10-6-5-8(14)13-11(10)12(15)7-3-2-4-9(7)16-13/h5-6H,2-4H2,1H3,(H2,15,16). The summed E-state index contributed by atoms with van der Waals surface area (Å²) in [5.41, 5.74) is 10.4. The van der Waals surface area contributed by atoms with Gasteiger partial charge in [0.15, 0.2) is 0 Å². The molecule has 0 fully saturated rings. The Morgan fingerprint density at radius 3 is 2.94 bits per heavy atom. The van der Waals surface area contributed by atoms with Gasteiger partial charge in [-0.25, -0.2) is 0 Å². The molecule has 0 radical (unpaired) electrons. The average molecular weight is 293 g/mol. The van der Waals surface area contributed by atoms with E-state index in [1.54, 1.807) is 7.11 Å². The fourth-order valence-electron chi connectivity index (χ4n) is 2.51. The Morgan fingerprint density at radius 1 is 1.35 bits per heavy atom. The number of pyridine rings is 1. The molecule has 1 aromatic carbocycles. The van der Waals surface area contributed by atoms with E-state index >= 15 is 0 Å². The Hall–Kier alpha value is -1.29. The van der Waals surface area contributed by atoms with E-state index in [4.69, 9.17) is 15.5 Å². The largest absolute Gasteiger partial charge is 0.496 e. The number of nitrogens with two attached hydrogens (primary N) is 1. The second-order valence-electron chi connectivity index (χ2n) is 4.28. The Bertz CT molecular complexity index is 610. The van der Waals surface area contributed by atoms with Gasteiger partial charge in [0.05, 0.1) is 18.0 Å². The van der Waals surface area contributed by atoms with Crippen molar-refractivity contribution in [2.75, 3.05) is 12.8 Å². The van der Waals surface area contributed by atoms with Gasteiger partial charge >= 0.3 is 0 Å². The molecule has 3 nitrogen and oxygen atoms in total. The van der Waals surface area contributed by atoms with Gasteiger partial charge in [0.2, 0.25) is 0 Å². The van der Waals surface area contributed by atoms with Crippen molar-refractivity contribution in [2.45, 2.75) is 19.3 Å². The summed E-state index contributed by atoms with van der Waals surface area (Å²) in [5, 5.41) is 0.933. The first-order chi connectivity index (χ1) is 8.22. The van der Waals surface area contributed by atoms with E-state index < -0.39 is 0 Å². The SMILES string of the molecule is COc1ccc(Br)c2nc3c(c(N)c12)CCC3. The maximum atomic E-state index is 6.27. The van der Waals surface area contributed by atoms with E-state index in [1.165, 1.54) is 5.56 Å². The van der Waals surface area contributed by atoms with Crippen LogP contribution in [0.5, 0.6) is 5.75 Å². The zero-order valence-corrected chi connectivity index (χ0v) is 11.2. The number of aromatic nitrogens is 1. The van der Waals surface area contributed by atoms with Crippen LogP contribution < -0.4 is 10.5 Å². The highest BCUT2D eigenvalue weighted by Gasteiger charge is 2.20. The van der Waals surface area contributed by atoms with Crippen LogP contribution in [0.1, 0.15) is 17.7 Å². The minimum absolute atomic E-state index is 0.794. The Kier molecular flexibility index (Phi) is 2.47. The average Bonchev–Trinajstić information content (AvgIpc) is 2.79. The van der Waals surface area contributed by atoms with E-state index in [-0.39, 0.29) is 0 Å². The number of ether oxygens (including phenoxy) is 1. The number of anilines is 1. The third kappa shape index (κ3) is 1.51. The summed E-state index contributed by atoms with van der Waals surface area (Å²) in [6.07, 6.45) is 3.20. The number of nitrogens with zero attached hydrogens (tertiary/aromatic N) is 1. The molecule has 2 N–H and O–H groups in total. The first kappa shape index (κ1) is 10.8. The van der Waals surface area contributed by atoms with Crippen molar-refractivity contribution in [3.8, 4) is 5.75 Å². The summed E-state index contributed by atoms with van der Waals surface area (Å²) in [7, 11) is 1.66. The lowest BCUT2D eigenvalue weighted by Gasteiger charge is -2.12. The quantitative estimate of drug-likeness (QED) is 0.879.